The SMILES string of the molecule is CN(CC(=O)N1N=C(c2cccs2)CC1c1ccccc1Cl)C(=O)c1ccco1. The fourth-order valence-corrected chi connectivity index (χ4v) is 4.24. The molecule has 0 saturated carbocycles. The van der Waals surface area contributed by atoms with Crippen molar-refractivity contribution in [1.29, 1.82) is 0 Å². The molecule has 3 aromatic rings. The summed E-state index contributed by atoms with van der Waals surface area (Å²) in [4.78, 5) is 27.8. The number of likely N-dealkylation sites (N-methyl/N-ethyl adjacent to an activating group) is 1. The molecule has 2 aromatic heterocycles. The number of hydrogen-bond acceptors (Lipinski definition) is 5. The molecule has 29 heavy (non-hydrogen) atoms. The van der Waals surface area contributed by atoms with E-state index < -0.39 is 0 Å². The van der Waals surface area contributed by atoms with E-state index in [1.165, 1.54) is 16.2 Å². The normalized spacial score (nSPS) is 16.0. The van der Waals surface area contributed by atoms with E-state index in [0.29, 0.717) is 11.4 Å². The summed E-state index contributed by atoms with van der Waals surface area (Å²) in [5.74, 6) is -0.463. The van der Waals surface area contributed by atoms with Gasteiger partial charge in [-0.05, 0) is 35.2 Å². The summed E-state index contributed by atoms with van der Waals surface area (Å²) in [6.07, 6.45) is 1.99. The molecule has 1 aliphatic heterocycles. The molecule has 2 amide bonds. The van der Waals surface area contributed by atoms with Crippen LogP contribution < -0.4 is 0 Å². The van der Waals surface area contributed by atoms with E-state index in [1.54, 1.807) is 36.6 Å². The van der Waals surface area contributed by atoms with E-state index in [9.17, 15) is 9.59 Å². The minimum atomic E-state index is -0.362. The first-order valence-electron chi connectivity index (χ1n) is 9.01. The van der Waals surface area contributed by atoms with Crippen LogP contribution in [0.25, 0.3) is 0 Å². The highest BCUT2D eigenvalue weighted by molar-refractivity contribution is 7.12. The number of nitrogens with zero attached hydrogens (tertiary/aromatic N) is 3. The molecule has 8 heteroatoms. The van der Waals surface area contributed by atoms with Gasteiger partial charge in [0.2, 0.25) is 0 Å². The smallest absolute Gasteiger partial charge is 0.289 e. The van der Waals surface area contributed by atoms with Gasteiger partial charge in [0.25, 0.3) is 11.8 Å². The van der Waals surface area contributed by atoms with Gasteiger partial charge < -0.3 is 9.32 Å². The Balaban J connectivity index is 1.59. The van der Waals surface area contributed by atoms with E-state index in [-0.39, 0.29) is 30.2 Å². The zero-order valence-corrected chi connectivity index (χ0v) is 17.2. The van der Waals surface area contributed by atoms with Crippen LogP contribution in [0, 0.1) is 0 Å². The third kappa shape index (κ3) is 3.97. The molecule has 0 spiro atoms. The van der Waals surface area contributed by atoms with E-state index >= 15 is 0 Å². The number of furan rings is 1. The molecule has 0 bridgehead atoms. The van der Waals surface area contributed by atoms with E-state index in [4.69, 9.17) is 16.0 Å². The molecular weight excluding hydrogens is 410 g/mol. The van der Waals surface area contributed by atoms with Crippen LogP contribution in [0.2, 0.25) is 5.02 Å². The van der Waals surface area contributed by atoms with Crippen LogP contribution >= 0.6 is 22.9 Å². The Kier molecular flexibility index (Phi) is 5.51. The van der Waals surface area contributed by atoms with Crippen molar-refractivity contribution in [3.63, 3.8) is 0 Å². The van der Waals surface area contributed by atoms with Gasteiger partial charge in [-0.3, -0.25) is 9.59 Å². The maximum atomic E-state index is 13.1. The number of benzene rings is 1. The minimum Gasteiger partial charge on any atom is -0.459 e. The predicted molar refractivity (Wildman–Crippen MR) is 112 cm³/mol. The summed E-state index contributed by atoms with van der Waals surface area (Å²) in [6, 6.07) is 14.3. The quantitative estimate of drug-likeness (QED) is 0.604. The van der Waals surface area contributed by atoms with Crippen LogP contribution in [0.1, 0.15) is 33.5 Å². The molecule has 1 aromatic carbocycles. The Labute approximate surface area is 177 Å². The molecule has 148 valence electrons. The number of thiophene rings is 1. The van der Waals surface area contributed by atoms with Crippen molar-refractivity contribution in [3.8, 4) is 0 Å². The number of carbonyl (C=O) groups is 2. The zero-order valence-electron chi connectivity index (χ0n) is 15.6. The molecule has 0 saturated heterocycles. The lowest BCUT2D eigenvalue weighted by molar-refractivity contribution is -0.133. The van der Waals surface area contributed by atoms with Crippen molar-refractivity contribution in [2.75, 3.05) is 13.6 Å². The number of hydrogen-bond donors (Lipinski definition) is 0. The van der Waals surface area contributed by atoms with Crippen LogP contribution in [0.5, 0.6) is 0 Å². The number of rotatable bonds is 5. The Morgan fingerprint density at radius 2 is 2.07 bits per heavy atom. The average molecular weight is 428 g/mol. The van der Waals surface area contributed by atoms with Crippen molar-refractivity contribution < 1.29 is 14.0 Å². The predicted octanol–water partition coefficient (Wildman–Crippen LogP) is 4.44. The maximum Gasteiger partial charge on any atom is 0.289 e. The van der Waals surface area contributed by atoms with Gasteiger partial charge in [-0.1, -0.05) is 35.9 Å². The fraction of sp³-hybridized carbons (Fsp3) is 0.190. The van der Waals surface area contributed by atoms with Crippen LogP contribution in [-0.2, 0) is 4.79 Å². The molecule has 4 rings (SSSR count). The molecular formula is C21H18ClN3O3S. The summed E-state index contributed by atoms with van der Waals surface area (Å²) in [5.41, 5.74) is 1.66. The fourth-order valence-electron chi connectivity index (χ4n) is 3.25. The van der Waals surface area contributed by atoms with Gasteiger partial charge in [-0.2, -0.15) is 5.10 Å². The molecule has 0 N–H and O–H groups in total. The molecule has 1 unspecified atom stereocenters. The average Bonchev–Trinajstić information content (AvgIpc) is 3.48. The number of amides is 2. The highest BCUT2D eigenvalue weighted by Gasteiger charge is 2.35. The third-order valence-electron chi connectivity index (χ3n) is 4.69. The lowest BCUT2D eigenvalue weighted by atomic mass is 10.0. The topological polar surface area (TPSA) is 66.1 Å². The molecule has 0 fully saturated rings. The molecule has 1 atom stereocenters. The molecule has 0 radical (unpaired) electrons. The first-order valence-corrected chi connectivity index (χ1v) is 10.3. The summed E-state index contributed by atoms with van der Waals surface area (Å²) >= 11 is 7.98. The first-order chi connectivity index (χ1) is 14.0. The van der Waals surface area contributed by atoms with Gasteiger partial charge in [-0.15, -0.1) is 11.3 Å². The molecule has 6 nitrogen and oxygen atoms in total. The van der Waals surface area contributed by atoms with Gasteiger partial charge in [0, 0.05) is 18.5 Å². The zero-order chi connectivity index (χ0) is 20.4. The van der Waals surface area contributed by atoms with Gasteiger partial charge in [-0.25, -0.2) is 5.01 Å². The minimum absolute atomic E-state index is 0.123. The van der Waals surface area contributed by atoms with Crippen LogP contribution in [-0.4, -0.2) is 41.0 Å². The highest BCUT2D eigenvalue weighted by atomic mass is 35.5. The first kappa shape index (κ1) is 19.4. The van der Waals surface area contributed by atoms with Gasteiger partial charge in [0.1, 0.15) is 6.54 Å². The monoisotopic (exact) mass is 427 g/mol. The van der Waals surface area contributed by atoms with Crippen molar-refractivity contribution in [2.24, 2.45) is 5.10 Å². The maximum absolute atomic E-state index is 13.1. The Hall–Kier alpha value is -2.90. The van der Waals surface area contributed by atoms with Gasteiger partial charge >= 0.3 is 0 Å². The Bertz CT molecular complexity index is 1050. The highest BCUT2D eigenvalue weighted by Crippen LogP contribution is 2.37. The van der Waals surface area contributed by atoms with Crippen LogP contribution in [0.3, 0.4) is 0 Å². The van der Waals surface area contributed by atoms with Gasteiger partial charge in [0.05, 0.1) is 22.9 Å². The lowest BCUT2D eigenvalue weighted by Gasteiger charge is -2.25. The second-order valence-corrected chi connectivity index (χ2v) is 8.00. The van der Waals surface area contributed by atoms with E-state index in [2.05, 4.69) is 5.10 Å². The number of carbonyl (C=O) groups excluding carboxylic acids is 2. The second-order valence-electron chi connectivity index (χ2n) is 6.64. The van der Waals surface area contributed by atoms with Crippen LogP contribution in [0.4, 0.5) is 0 Å². The molecule has 3 heterocycles. The molecule has 1 aliphatic rings. The van der Waals surface area contributed by atoms with Crippen LogP contribution in [0.15, 0.2) is 69.7 Å². The van der Waals surface area contributed by atoms with Gasteiger partial charge in [0.15, 0.2) is 5.76 Å². The van der Waals surface area contributed by atoms with Crippen molar-refractivity contribution >= 4 is 40.5 Å². The summed E-state index contributed by atoms with van der Waals surface area (Å²) in [6.45, 7) is -0.123. The van der Waals surface area contributed by atoms with Crippen molar-refractivity contribution in [3.05, 3.63) is 81.4 Å². The summed E-state index contributed by atoms with van der Waals surface area (Å²) in [7, 11) is 1.56. The summed E-state index contributed by atoms with van der Waals surface area (Å²) < 4.78 is 5.14. The number of halogens is 1. The summed E-state index contributed by atoms with van der Waals surface area (Å²) in [5, 5.41) is 8.60. The lowest BCUT2D eigenvalue weighted by Crippen LogP contribution is -2.39. The van der Waals surface area contributed by atoms with Crippen molar-refractivity contribution in [1.82, 2.24) is 9.91 Å². The van der Waals surface area contributed by atoms with Crippen molar-refractivity contribution in [2.45, 2.75) is 12.5 Å². The number of hydrazone groups is 1. The molecule has 0 aliphatic carbocycles. The Morgan fingerprint density at radius 3 is 2.76 bits per heavy atom. The third-order valence-corrected chi connectivity index (χ3v) is 5.95. The van der Waals surface area contributed by atoms with E-state index in [1.807, 2.05) is 35.7 Å². The Morgan fingerprint density at radius 1 is 1.24 bits per heavy atom. The second kappa shape index (κ2) is 8.23. The largest absolute Gasteiger partial charge is 0.459 e. The standard InChI is InChI=1S/C21H18ClN3O3S/c1-24(21(27)18-8-4-10-28-18)13-20(26)25-17(14-6-2-3-7-15(14)22)12-16(23-25)19-9-5-11-29-19/h2-11,17H,12-13H2,1H3. The van der Waals surface area contributed by atoms with E-state index in [0.717, 1.165) is 16.2 Å².